The van der Waals surface area contributed by atoms with E-state index in [2.05, 4.69) is 19.2 Å². The molecule has 1 aromatic rings. The highest BCUT2D eigenvalue weighted by atomic mass is 16.3. The molecule has 0 aliphatic heterocycles. The van der Waals surface area contributed by atoms with Crippen LogP contribution in [0.25, 0.3) is 0 Å². The second-order valence-corrected chi connectivity index (χ2v) is 5.93. The molecule has 18 heavy (non-hydrogen) atoms. The second kappa shape index (κ2) is 4.69. The molecule has 1 aliphatic rings. The number of hydrogen-bond acceptors (Lipinski definition) is 4. The molecule has 4 nitrogen and oxygen atoms in total. The molecule has 4 heteroatoms. The maximum Gasteiger partial charge on any atom is 0.200 e. The normalized spacial score (nSPS) is 22.2. The average molecular weight is 251 g/mol. The van der Waals surface area contributed by atoms with Gasteiger partial charge in [-0.2, -0.15) is 0 Å². The summed E-state index contributed by atoms with van der Waals surface area (Å²) in [5.74, 6) is -0.973. The molecule has 1 fully saturated rings. The first-order chi connectivity index (χ1) is 8.39. The molecular formula is C14H21NO3. The van der Waals surface area contributed by atoms with Crippen molar-refractivity contribution in [1.82, 2.24) is 5.32 Å². The van der Waals surface area contributed by atoms with Crippen LogP contribution in [0.4, 0.5) is 0 Å². The first-order valence-electron chi connectivity index (χ1n) is 6.35. The highest BCUT2D eigenvalue weighted by Crippen LogP contribution is 2.39. The van der Waals surface area contributed by atoms with E-state index in [1.54, 1.807) is 6.07 Å². The summed E-state index contributed by atoms with van der Waals surface area (Å²) in [6.45, 7) is 5.03. The maximum atomic E-state index is 9.70. The lowest BCUT2D eigenvalue weighted by Crippen LogP contribution is -2.26. The van der Waals surface area contributed by atoms with Gasteiger partial charge in [-0.3, -0.25) is 0 Å². The molecule has 1 atom stereocenters. The Morgan fingerprint density at radius 1 is 1.22 bits per heavy atom. The fourth-order valence-electron chi connectivity index (χ4n) is 2.62. The van der Waals surface area contributed by atoms with Crippen molar-refractivity contribution in [2.24, 2.45) is 5.41 Å². The van der Waals surface area contributed by atoms with Crippen LogP contribution in [0.15, 0.2) is 12.1 Å². The highest BCUT2D eigenvalue weighted by molar-refractivity contribution is 5.53. The monoisotopic (exact) mass is 251 g/mol. The summed E-state index contributed by atoms with van der Waals surface area (Å²) in [5, 5.41) is 31.8. The predicted octanol–water partition coefficient (Wildman–Crippen LogP) is 2.47. The zero-order chi connectivity index (χ0) is 13.3. The summed E-state index contributed by atoms with van der Waals surface area (Å²) in [5.41, 5.74) is 0.992. The number of rotatable bonds is 3. The first-order valence-corrected chi connectivity index (χ1v) is 6.35. The molecule has 0 spiro atoms. The molecule has 4 N–H and O–H groups in total. The van der Waals surface area contributed by atoms with Crippen molar-refractivity contribution in [2.45, 2.75) is 45.7 Å². The highest BCUT2D eigenvalue weighted by Gasteiger charge is 2.30. The van der Waals surface area contributed by atoms with Crippen molar-refractivity contribution < 1.29 is 15.3 Å². The Balaban J connectivity index is 1.97. The largest absolute Gasteiger partial charge is 0.504 e. The van der Waals surface area contributed by atoms with Crippen molar-refractivity contribution in [3.8, 4) is 17.2 Å². The molecule has 1 aromatic carbocycles. The molecule has 0 saturated heterocycles. The van der Waals surface area contributed by atoms with Crippen LogP contribution in [-0.4, -0.2) is 21.4 Å². The summed E-state index contributed by atoms with van der Waals surface area (Å²) in [7, 11) is 0. The van der Waals surface area contributed by atoms with Crippen LogP contribution < -0.4 is 5.32 Å². The van der Waals surface area contributed by atoms with Crippen LogP contribution in [0.1, 0.15) is 38.7 Å². The molecule has 100 valence electrons. The minimum atomic E-state index is -0.443. The summed E-state index contributed by atoms with van der Waals surface area (Å²) in [4.78, 5) is 0. The van der Waals surface area contributed by atoms with Gasteiger partial charge in [0.2, 0.25) is 5.75 Å². The Hall–Kier alpha value is -1.42. The number of hydrogen-bond donors (Lipinski definition) is 4. The molecular weight excluding hydrogens is 230 g/mol. The Labute approximate surface area is 107 Å². The maximum absolute atomic E-state index is 9.70. The minimum absolute atomic E-state index is 0.236. The SMILES string of the molecule is CC1(C)CCC(NCc2ccc(O)c(O)c2O)C1. The molecule has 0 amide bonds. The standard InChI is InChI=1S/C14H21NO3/c1-14(2)6-5-10(7-14)15-8-9-3-4-11(16)13(18)12(9)17/h3-4,10,15-18H,5-8H2,1-2H3. The van der Waals surface area contributed by atoms with E-state index >= 15 is 0 Å². The van der Waals surface area contributed by atoms with Gasteiger partial charge in [0, 0.05) is 18.2 Å². The van der Waals surface area contributed by atoms with Crippen molar-refractivity contribution in [3.63, 3.8) is 0 Å². The Morgan fingerprint density at radius 3 is 2.56 bits per heavy atom. The fourth-order valence-corrected chi connectivity index (χ4v) is 2.62. The van der Waals surface area contributed by atoms with Gasteiger partial charge >= 0.3 is 0 Å². The van der Waals surface area contributed by atoms with Crippen molar-refractivity contribution in [2.75, 3.05) is 0 Å². The van der Waals surface area contributed by atoms with Crippen LogP contribution in [0.2, 0.25) is 0 Å². The Bertz CT molecular complexity index is 443. The number of aromatic hydroxyl groups is 3. The zero-order valence-electron chi connectivity index (χ0n) is 10.9. The molecule has 2 rings (SSSR count). The van der Waals surface area contributed by atoms with Crippen LogP contribution in [0.5, 0.6) is 17.2 Å². The van der Waals surface area contributed by atoms with Crippen LogP contribution in [0, 0.1) is 5.41 Å². The summed E-state index contributed by atoms with van der Waals surface area (Å²) >= 11 is 0. The number of nitrogens with one attached hydrogen (secondary N) is 1. The number of phenols is 3. The van der Waals surface area contributed by atoms with E-state index < -0.39 is 5.75 Å². The van der Waals surface area contributed by atoms with Crippen molar-refractivity contribution in [3.05, 3.63) is 17.7 Å². The average Bonchev–Trinajstić information content (AvgIpc) is 2.65. The smallest absolute Gasteiger partial charge is 0.200 e. The molecule has 1 unspecified atom stereocenters. The van der Waals surface area contributed by atoms with Gasteiger partial charge in [-0.05, 0) is 30.7 Å². The summed E-state index contributed by atoms with van der Waals surface area (Å²) in [6.07, 6.45) is 3.47. The van der Waals surface area contributed by atoms with Crippen molar-refractivity contribution >= 4 is 0 Å². The summed E-state index contributed by atoms with van der Waals surface area (Å²) in [6, 6.07) is 3.47. The van der Waals surface area contributed by atoms with E-state index in [9.17, 15) is 15.3 Å². The van der Waals surface area contributed by atoms with Crippen LogP contribution >= 0.6 is 0 Å². The van der Waals surface area contributed by atoms with E-state index in [1.165, 1.54) is 12.5 Å². The van der Waals surface area contributed by atoms with Gasteiger partial charge in [0.25, 0.3) is 0 Å². The first kappa shape index (κ1) is 13.0. The van der Waals surface area contributed by atoms with Gasteiger partial charge in [0.1, 0.15) is 0 Å². The third-order valence-electron chi connectivity index (χ3n) is 3.76. The van der Waals surface area contributed by atoms with Gasteiger partial charge in [0.05, 0.1) is 0 Å². The van der Waals surface area contributed by atoms with E-state index in [4.69, 9.17) is 0 Å². The van der Waals surface area contributed by atoms with E-state index in [0.29, 0.717) is 23.6 Å². The molecule has 0 bridgehead atoms. The quantitative estimate of drug-likeness (QED) is 0.623. The molecule has 0 aromatic heterocycles. The Morgan fingerprint density at radius 2 is 1.94 bits per heavy atom. The summed E-state index contributed by atoms with van der Waals surface area (Å²) < 4.78 is 0. The lowest BCUT2D eigenvalue weighted by atomic mass is 9.92. The topological polar surface area (TPSA) is 72.7 Å². The molecule has 0 heterocycles. The molecule has 0 radical (unpaired) electrons. The second-order valence-electron chi connectivity index (χ2n) is 5.93. The van der Waals surface area contributed by atoms with Gasteiger partial charge in [-0.1, -0.05) is 19.9 Å². The van der Waals surface area contributed by atoms with E-state index in [0.717, 1.165) is 12.8 Å². The minimum Gasteiger partial charge on any atom is -0.504 e. The third kappa shape index (κ3) is 2.70. The fraction of sp³-hybridized carbons (Fsp3) is 0.571. The van der Waals surface area contributed by atoms with Crippen molar-refractivity contribution in [1.29, 1.82) is 0 Å². The molecule has 1 saturated carbocycles. The number of benzene rings is 1. The van der Waals surface area contributed by atoms with Crippen LogP contribution in [0.3, 0.4) is 0 Å². The predicted molar refractivity (Wildman–Crippen MR) is 69.7 cm³/mol. The molecule has 1 aliphatic carbocycles. The van der Waals surface area contributed by atoms with Crippen LogP contribution in [-0.2, 0) is 6.54 Å². The lowest BCUT2D eigenvalue weighted by molar-refractivity contribution is 0.356. The van der Waals surface area contributed by atoms with E-state index in [-0.39, 0.29) is 11.5 Å². The van der Waals surface area contributed by atoms with Gasteiger partial charge in [-0.15, -0.1) is 0 Å². The van der Waals surface area contributed by atoms with Gasteiger partial charge in [0.15, 0.2) is 11.5 Å². The van der Waals surface area contributed by atoms with Gasteiger partial charge in [-0.25, -0.2) is 0 Å². The third-order valence-corrected chi connectivity index (χ3v) is 3.76. The lowest BCUT2D eigenvalue weighted by Gasteiger charge is -2.18. The van der Waals surface area contributed by atoms with Gasteiger partial charge < -0.3 is 20.6 Å². The Kier molecular flexibility index (Phi) is 3.39. The zero-order valence-corrected chi connectivity index (χ0v) is 10.9. The number of phenolic OH excluding ortho intramolecular Hbond substituents is 3. The van der Waals surface area contributed by atoms with E-state index in [1.807, 2.05) is 0 Å².